The zero-order valence-electron chi connectivity index (χ0n) is 19.9. The van der Waals surface area contributed by atoms with E-state index in [1.54, 1.807) is 0 Å². The summed E-state index contributed by atoms with van der Waals surface area (Å²) in [5.41, 5.74) is -4.03. The van der Waals surface area contributed by atoms with Crippen LogP contribution in [0.4, 0.5) is 0 Å². The number of benzene rings is 1. The van der Waals surface area contributed by atoms with Gasteiger partial charge in [0.05, 0.1) is 23.7 Å². The van der Waals surface area contributed by atoms with Crippen LogP contribution >= 0.6 is 0 Å². The molecule has 208 valence electrons. The van der Waals surface area contributed by atoms with Crippen molar-refractivity contribution in [1.82, 2.24) is 0 Å². The standard InChI is InChI=1S/C25H24O14/c26-10-5-12(14-15(18(10)30)17(29)9-4-2-1-3-8(9)16(14)28)38-25-23(35)21(33)20(32)13(39-25)7-37-24-22(34)19(31)11(27)6-36-24/h1-5,11,13,19-25,27,31-35H,6-7H2. The van der Waals surface area contributed by atoms with Gasteiger partial charge in [-0.2, -0.15) is 0 Å². The Morgan fingerprint density at radius 3 is 2.03 bits per heavy atom. The number of hydrogen-bond acceptors (Lipinski definition) is 14. The van der Waals surface area contributed by atoms with Crippen LogP contribution in [0.2, 0.25) is 0 Å². The van der Waals surface area contributed by atoms with Crippen LogP contribution in [-0.2, 0) is 14.2 Å². The summed E-state index contributed by atoms with van der Waals surface area (Å²) in [6, 6.07) is 6.34. The molecule has 0 aromatic heterocycles. The largest absolute Gasteiger partial charge is 0.461 e. The van der Waals surface area contributed by atoms with Gasteiger partial charge in [0.15, 0.2) is 17.1 Å². The van der Waals surface area contributed by atoms with Gasteiger partial charge in [0.25, 0.3) is 0 Å². The molecular weight excluding hydrogens is 524 g/mol. The van der Waals surface area contributed by atoms with E-state index in [1.807, 2.05) is 0 Å². The zero-order valence-corrected chi connectivity index (χ0v) is 19.9. The highest BCUT2D eigenvalue weighted by atomic mass is 16.7. The number of aliphatic hydroxyl groups excluding tert-OH is 6. The second-order valence-electron chi connectivity index (χ2n) is 9.37. The van der Waals surface area contributed by atoms with Gasteiger partial charge >= 0.3 is 0 Å². The van der Waals surface area contributed by atoms with Crippen LogP contribution in [0.15, 0.2) is 49.5 Å². The first-order valence-electron chi connectivity index (χ1n) is 11.9. The second-order valence-corrected chi connectivity index (χ2v) is 9.37. The van der Waals surface area contributed by atoms with E-state index in [1.165, 1.54) is 24.3 Å². The van der Waals surface area contributed by atoms with Crippen LogP contribution in [0.25, 0.3) is 10.8 Å². The van der Waals surface area contributed by atoms with E-state index in [9.17, 15) is 49.8 Å². The van der Waals surface area contributed by atoms with Crippen molar-refractivity contribution in [3.8, 4) is 5.75 Å². The number of fused-ring (bicyclic) bond motifs is 1. The van der Waals surface area contributed by atoms with Gasteiger partial charge in [0, 0.05) is 16.8 Å². The molecule has 0 amide bonds. The molecule has 5 rings (SSSR count). The van der Waals surface area contributed by atoms with E-state index in [0.717, 1.165) is 0 Å². The Morgan fingerprint density at radius 2 is 1.36 bits per heavy atom. The molecule has 39 heavy (non-hydrogen) atoms. The molecule has 1 aromatic rings. The lowest BCUT2D eigenvalue weighted by atomic mass is 9.99. The molecule has 2 fully saturated rings. The zero-order chi connectivity index (χ0) is 28.2. The van der Waals surface area contributed by atoms with Gasteiger partial charge in [-0.1, -0.05) is 24.3 Å². The molecule has 14 nitrogen and oxygen atoms in total. The molecule has 2 aliphatic heterocycles. The van der Waals surface area contributed by atoms with Crippen LogP contribution in [0.3, 0.4) is 0 Å². The quantitative estimate of drug-likeness (QED) is 0.165. The molecule has 9 atom stereocenters. The summed E-state index contributed by atoms with van der Waals surface area (Å²) in [5, 5.41) is 59.3. The lowest BCUT2D eigenvalue weighted by Crippen LogP contribution is -2.61. The van der Waals surface area contributed by atoms with Crippen molar-refractivity contribution in [3.63, 3.8) is 0 Å². The minimum Gasteiger partial charge on any atom is -0.461 e. The highest BCUT2D eigenvalue weighted by Crippen LogP contribution is 2.26. The highest BCUT2D eigenvalue weighted by molar-refractivity contribution is 5.82. The molecule has 0 radical (unpaired) electrons. The van der Waals surface area contributed by atoms with E-state index in [-0.39, 0.29) is 17.4 Å². The minimum absolute atomic E-state index is 0.0388. The minimum atomic E-state index is -1.93. The molecule has 0 spiro atoms. The summed E-state index contributed by atoms with van der Waals surface area (Å²) in [7, 11) is 0. The summed E-state index contributed by atoms with van der Waals surface area (Å²) in [6.45, 7) is -0.942. The van der Waals surface area contributed by atoms with Gasteiger partial charge in [0.1, 0.15) is 48.5 Å². The van der Waals surface area contributed by atoms with Crippen LogP contribution in [0, 0.1) is 10.4 Å². The fourth-order valence-electron chi connectivity index (χ4n) is 4.69. The second kappa shape index (κ2) is 10.4. The Balaban J connectivity index is 1.48. The van der Waals surface area contributed by atoms with E-state index in [4.69, 9.17) is 18.9 Å². The predicted molar refractivity (Wildman–Crippen MR) is 128 cm³/mol. The fourth-order valence-corrected chi connectivity index (χ4v) is 4.69. The normalized spacial score (nSPS) is 33.4. The first kappa shape index (κ1) is 27.4. The molecule has 1 aromatic carbocycles. The van der Waals surface area contributed by atoms with Crippen LogP contribution in [-0.4, -0.2) is 99.2 Å². The molecule has 0 bridgehead atoms. The maximum Gasteiger partial charge on any atom is 0.237 e. The predicted octanol–water partition coefficient (Wildman–Crippen LogP) is -4.48. The Kier molecular flexibility index (Phi) is 7.32. The van der Waals surface area contributed by atoms with Gasteiger partial charge in [0.2, 0.25) is 17.1 Å². The number of aliphatic hydroxyl groups is 6. The van der Waals surface area contributed by atoms with Crippen molar-refractivity contribution < 1.29 is 49.6 Å². The third-order valence-electron chi connectivity index (χ3n) is 6.87. The Labute approximate surface area is 216 Å². The molecule has 2 saturated heterocycles. The van der Waals surface area contributed by atoms with Gasteiger partial charge in [-0.15, -0.1) is 0 Å². The highest BCUT2D eigenvalue weighted by Gasteiger charge is 2.46. The Morgan fingerprint density at radius 1 is 0.744 bits per heavy atom. The smallest absolute Gasteiger partial charge is 0.237 e. The van der Waals surface area contributed by atoms with Gasteiger partial charge in [-0.3, -0.25) is 19.2 Å². The summed E-state index contributed by atoms with van der Waals surface area (Å²) in [5.74, 6) is -0.557. The van der Waals surface area contributed by atoms with E-state index in [2.05, 4.69) is 0 Å². The lowest BCUT2D eigenvalue weighted by Gasteiger charge is -2.41. The molecule has 6 N–H and O–H groups in total. The van der Waals surface area contributed by atoms with Crippen molar-refractivity contribution in [2.75, 3.05) is 13.2 Å². The molecule has 14 heteroatoms. The van der Waals surface area contributed by atoms with E-state index in [0.29, 0.717) is 6.07 Å². The summed E-state index contributed by atoms with van der Waals surface area (Å²) in [6.07, 6.45) is -14.9. The molecule has 9 unspecified atom stereocenters. The molecule has 4 aliphatic rings. The van der Waals surface area contributed by atoms with Crippen molar-refractivity contribution in [2.24, 2.45) is 0 Å². The van der Waals surface area contributed by atoms with Crippen molar-refractivity contribution >= 4 is 10.8 Å². The van der Waals surface area contributed by atoms with Crippen molar-refractivity contribution in [3.05, 3.63) is 81.7 Å². The lowest BCUT2D eigenvalue weighted by molar-refractivity contribution is -0.307. The summed E-state index contributed by atoms with van der Waals surface area (Å²) in [4.78, 5) is 51.2. The Bertz CT molecular complexity index is 1650. The summed E-state index contributed by atoms with van der Waals surface area (Å²) < 4.78 is 21.5. The van der Waals surface area contributed by atoms with Gasteiger partial charge < -0.3 is 49.6 Å². The first-order chi connectivity index (χ1) is 18.5. The average molecular weight is 548 g/mol. The van der Waals surface area contributed by atoms with Crippen molar-refractivity contribution in [2.45, 2.75) is 55.3 Å². The fraction of sp³-hybridized carbons (Fsp3) is 0.440. The molecular formula is C25H24O14. The molecule has 2 aliphatic carbocycles. The molecule has 0 saturated carbocycles. The summed E-state index contributed by atoms with van der Waals surface area (Å²) >= 11 is 0. The third-order valence-corrected chi connectivity index (χ3v) is 6.87. The maximum atomic E-state index is 13.2. The first-order valence-corrected chi connectivity index (χ1v) is 11.9. The maximum absolute atomic E-state index is 13.2. The van der Waals surface area contributed by atoms with E-state index >= 15 is 0 Å². The van der Waals surface area contributed by atoms with Gasteiger partial charge in [-0.25, -0.2) is 0 Å². The van der Waals surface area contributed by atoms with Crippen molar-refractivity contribution in [1.29, 1.82) is 0 Å². The number of ether oxygens (including phenoxy) is 4. The number of hydrogen-bond donors (Lipinski definition) is 6. The molecule has 2 heterocycles. The average Bonchev–Trinajstić information content (AvgIpc) is 2.92. The van der Waals surface area contributed by atoms with Crippen LogP contribution < -0.4 is 26.5 Å². The van der Waals surface area contributed by atoms with Crippen LogP contribution in [0.1, 0.15) is 0 Å². The monoisotopic (exact) mass is 548 g/mol. The third kappa shape index (κ3) is 4.65. The van der Waals surface area contributed by atoms with E-state index < -0.39 is 99.8 Å². The van der Waals surface area contributed by atoms with Crippen LogP contribution in [0.5, 0.6) is 5.75 Å². The van der Waals surface area contributed by atoms with Gasteiger partial charge in [-0.05, 0) is 0 Å². The Hall–Kier alpha value is -3.18. The topological polar surface area (TPSA) is 227 Å². The number of rotatable bonds is 5. The SMILES string of the molecule is O=c1cc(OC2OC(COC3OCC(O)C(O)C3O)C(O)C(O)C2O)c2c(=O)c3ccccc3c(=O)c=2c1=O.